The van der Waals surface area contributed by atoms with E-state index in [1.165, 1.54) is 6.08 Å². The monoisotopic (exact) mass is 316 g/mol. The van der Waals surface area contributed by atoms with Crippen LogP contribution in [0, 0.1) is 17.2 Å². The van der Waals surface area contributed by atoms with Crippen LogP contribution < -0.4 is 10.1 Å². The highest BCUT2D eigenvalue weighted by Crippen LogP contribution is 2.16. The Morgan fingerprint density at radius 3 is 2.65 bits per heavy atom. The number of carbonyl (C=O) groups excluding carboxylic acids is 1. The number of nitrogens with one attached hydrogen (secondary N) is 1. The van der Waals surface area contributed by atoms with Crippen molar-refractivity contribution in [1.82, 2.24) is 5.32 Å². The van der Waals surface area contributed by atoms with Gasteiger partial charge in [0.05, 0.1) is 6.61 Å². The van der Waals surface area contributed by atoms with Crippen LogP contribution in [0.25, 0.3) is 6.08 Å². The van der Waals surface area contributed by atoms with Crippen LogP contribution in [0.4, 0.5) is 0 Å². The second kappa shape index (κ2) is 8.59. The van der Waals surface area contributed by atoms with Gasteiger partial charge >= 0.3 is 5.97 Å². The largest absolute Gasteiger partial charge is 0.494 e. The van der Waals surface area contributed by atoms with Gasteiger partial charge < -0.3 is 15.2 Å². The average molecular weight is 316 g/mol. The number of hydrogen-bond donors (Lipinski definition) is 2. The molecule has 0 saturated carbocycles. The number of carboxylic acids is 1. The van der Waals surface area contributed by atoms with Crippen LogP contribution >= 0.6 is 0 Å². The van der Waals surface area contributed by atoms with Crippen LogP contribution in [0.3, 0.4) is 0 Å². The molecule has 0 fully saturated rings. The lowest BCUT2D eigenvalue weighted by Gasteiger charge is -2.17. The number of nitrogens with zero attached hydrogens (tertiary/aromatic N) is 1. The Morgan fingerprint density at radius 1 is 1.43 bits per heavy atom. The summed E-state index contributed by atoms with van der Waals surface area (Å²) in [6.07, 6.45) is 1.40. The molecule has 0 aromatic heterocycles. The van der Waals surface area contributed by atoms with E-state index in [-0.39, 0.29) is 11.5 Å². The van der Waals surface area contributed by atoms with Crippen molar-refractivity contribution in [3.63, 3.8) is 0 Å². The summed E-state index contributed by atoms with van der Waals surface area (Å²) in [5.74, 6) is -1.51. The summed E-state index contributed by atoms with van der Waals surface area (Å²) < 4.78 is 5.36. The number of carbonyl (C=O) groups is 2. The first-order chi connectivity index (χ1) is 10.9. The quantitative estimate of drug-likeness (QED) is 0.593. The average Bonchev–Trinajstić information content (AvgIpc) is 2.50. The second-order valence-corrected chi connectivity index (χ2v) is 5.21. The lowest BCUT2D eigenvalue weighted by Crippen LogP contribution is -2.44. The number of rotatable bonds is 7. The molecule has 0 saturated heterocycles. The van der Waals surface area contributed by atoms with E-state index in [0.717, 1.165) is 0 Å². The minimum absolute atomic E-state index is 0.162. The predicted molar refractivity (Wildman–Crippen MR) is 85.6 cm³/mol. The minimum Gasteiger partial charge on any atom is -0.494 e. The SMILES string of the molecule is CCOc1cccc(/C=C(\C#N)C(=O)NC(C(=O)O)C(C)C)c1. The number of amides is 1. The molecule has 0 aliphatic carbocycles. The van der Waals surface area contributed by atoms with E-state index in [9.17, 15) is 9.59 Å². The third-order valence-electron chi connectivity index (χ3n) is 3.06. The molecule has 0 spiro atoms. The van der Waals surface area contributed by atoms with Crippen molar-refractivity contribution in [3.8, 4) is 11.8 Å². The fourth-order valence-electron chi connectivity index (χ4n) is 1.91. The molecule has 1 atom stereocenters. The highest BCUT2D eigenvalue weighted by Gasteiger charge is 2.24. The van der Waals surface area contributed by atoms with E-state index in [0.29, 0.717) is 17.9 Å². The number of ether oxygens (including phenoxy) is 1. The molecule has 0 aliphatic rings. The van der Waals surface area contributed by atoms with Crippen molar-refractivity contribution in [2.75, 3.05) is 6.61 Å². The molecule has 1 aromatic carbocycles. The summed E-state index contributed by atoms with van der Waals surface area (Å²) >= 11 is 0. The summed E-state index contributed by atoms with van der Waals surface area (Å²) in [6.45, 7) is 5.73. The zero-order valence-electron chi connectivity index (χ0n) is 13.4. The van der Waals surface area contributed by atoms with Gasteiger partial charge in [-0.3, -0.25) is 4.79 Å². The van der Waals surface area contributed by atoms with Crippen LogP contribution in [0.1, 0.15) is 26.3 Å². The first-order valence-corrected chi connectivity index (χ1v) is 7.27. The Hall–Kier alpha value is -2.81. The van der Waals surface area contributed by atoms with Crippen LogP contribution in [0.2, 0.25) is 0 Å². The van der Waals surface area contributed by atoms with Gasteiger partial charge in [-0.2, -0.15) is 5.26 Å². The van der Waals surface area contributed by atoms with E-state index < -0.39 is 17.9 Å². The van der Waals surface area contributed by atoms with Gasteiger partial charge in [0.1, 0.15) is 23.4 Å². The van der Waals surface area contributed by atoms with Gasteiger partial charge in [-0.15, -0.1) is 0 Å². The van der Waals surface area contributed by atoms with Gasteiger partial charge in [-0.25, -0.2) is 4.79 Å². The van der Waals surface area contributed by atoms with Gasteiger partial charge in [-0.1, -0.05) is 26.0 Å². The summed E-state index contributed by atoms with van der Waals surface area (Å²) in [5.41, 5.74) is 0.463. The Bertz CT molecular complexity index is 644. The first-order valence-electron chi connectivity index (χ1n) is 7.27. The smallest absolute Gasteiger partial charge is 0.326 e. The molecule has 0 heterocycles. The molecule has 23 heavy (non-hydrogen) atoms. The molecule has 6 heteroatoms. The van der Waals surface area contributed by atoms with Crippen molar-refractivity contribution in [1.29, 1.82) is 5.26 Å². The predicted octanol–water partition coefficient (Wildman–Crippen LogP) is 2.22. The van der Waals surface area contributed by atoms with Gasteiger partial charge in [0.15, 0.2) is 0 Å². The number of carboxylic acid groups (broad SMARTS) is 1. The third kappa shape index (κ3) is 5.47. The molecule has 0 aliphatic heterocycles. The molecule has 0 radical (unpaired) electrons. The number of aliphatic carboxylic acids is 1. The van der Waals surface area contributed by atoms with Crippen LogP contribution in [0.15, 0.2) is 29.8 Å². The molecule has 1 unspecified atom stereocenters. The maximum atomic E-state index is 12.1. The molecule has 2 N–H and O–H groups in total. The van der Waals surface area contributed by atoms with Crippen molar-refractivity contribution >= 4 is 18.0 Å². The summed E-state index contributed by atoms with van der Waals surface area (Å²) in [4.78, 5) is 23.2. The Balaban J connectivity index is 2.99. The topological polar surface area (TPSA) is 99.4 Å². The zero-order chi connectivity index (χ0) is 17.4. The third-order valence-corrected chi connectivity index (χ3v) is 3.06. The van der Waals surface area contributed by atoms with Crippen molar-refractivity contribution in [2.45, 2.75) is 26.8 Å². The van der Waals surface area contributed by atoms with Crippen LogP contribution in [-0.2, 0) is 9.59 Å². The van der Waals surface area contributed by atoms with E-state index in [1.54, 1.807) is 44.2 Å². The summed E-state index contributed by atoms with van der Waals surface area (Å²) in [5, 5.41) is 20.6. The van der Waals surface area contributed by atoms with Crippen molar-refractivity contribution in [2.24, 2.45) is 5.92 Å². The fraction of sp³-hybridized carbons (Fsp3) is 0.353. The molecule has 1 rings (SSSR count). The highest BCUT2D eigenvalue weighted by molar-refractivity contribution is 6.03. The molecular weight excluding hydrogens is 296 g/mol. The normalized spacial score (nSPS) is 12.4. The van der Waals surface area contributed by atoms with E-state index in [2.05, 4.69) is 5.32 Å². The zero-order valence-corrected chi connectivity index (χ0v) is 13.4. The maximum Gasteiger partial charge on any atom is 0.326 e. The number of nitriles is 1. The van der Waals surface area contributed by atoms with E-state index >= 15 is 0 Å². The molecule has 6 nitrogen and oxygen atoms in total. The van der Waals surface area contributed by atoms with E-state index in [1.807, 2.05) is 6.92 Å². The summed E-state index contributed by atoms with van der Waals surface area (Å²) in [6, 6.07) is 7.70. The fourth-order valence-corrected chi connectivity index (χ4v) is 1.91. The summed E-state index contributed by atoms with van der Waals surface area (Å²) in [7, 11) is 0. The van der Waals surface area contributed by atoms with Crippen molar-refractivity contribution < 1.29 is 19.4 Å². The van der Waals surface area contributed by atoms with Crippen LogP contribution in [-0.4, -0.2) is 29.6 Å². The van der Waals surface area contributed by atoms with Gasteiger partial charge in [0.25, 0.3) is 5.91 Å². The lowest BCUT2D eigenvalue weighted by atomic mass is 10.0. The molecule has 0 bridgehead atoms. The standard InChI is InChI=1S/C17H20N2O4/c1-4-23-14-7-5-6-12(9-14)8-13(10-18)16(20)19-15(11(2)3)17(21)22/h5-9,11,15H,4H2,1-3H3,(H,19,20)(H,21,22)/b13-8+. The maximum absolute atomic E-state index is 12.1. The lowest BCUT2D eigenvalue weighted by molar-refractivity contribution is -0.142. The Morgan fingerprint density at radius 2 is 2.13 bits per heavy atom. The number of hydrogen-bond acceptors (Lipinski definition) is 4. The van der Waals surface area contributed by atoms with Crippen molar-refractivity contribution in [3.05, 3.63) is 35.4 Å². The number of benzene rings is 1. The van der Waals surface area contributed by atoms with E-state index in [4.69, 9.17) is 15.1 Å². The van der Waals surface area contributed by atoms with Crippen LogP contribution in [0.5, 0.6) is 5.75 Å². The van der Waals surface area contributed by atoms with Gasteiger partial charge in [-0.05, 0) is 36.6 Å². The molecule has 1 amide bonds. The Labute approximate surface area is 135 Å². The van der Waals surface area contributed by atoms with Gasteiger partial charge in [0, 0.05) is 0 Å². The highest BCUT2D eigenvalue weighted by atomic mass is 16.5. The minimum atomic E-state index is -1.14. The molecule has 122 valence electrons. The molecular formula is C17H20N2O4. The second-order valence-electron chi connectivity index (χ2n) is 5.21. The Kier molecular flexibility index (Phi) is 6.81. The molecule has 1 aromatic rings. The van der Waals surface area contributed by atoms with Gasteiger partial charge in [0.2, 0.25) is 0 Å². The first kappa shape index (κ1) is 18.2.